The van der Waals surface area contributed by atoms with Gasteiger partial charge in [0, 0.05) is 18.0 Å². The molecule has 0 fully saturated rings. The number of amides is 1. The third-order valence-electron chi connectivity index (χ3n) is 5.46. The molecule has 0 aliphatic carbocycles. The molecule has 0 spiro atoms. The average molecular weight is 529 g/mol. The van der Waals surface area contributed by atoms with Crippen LogP contribution in [0.4, 0.5) is 26.3 Å². The summed E-state index contributed by atoms with van der Waals surface area (Å²) in [6.07, 6.45) is -9.51. The van der Waals surface area contributed by atoms with Crippen molar-refractivity contribution < 1.29 is 31.1 Å². The second kappa shape index (κ2) is 11.6. The standard InChI is InChI=1S/C23H24Cl2F6N2O/c1-3-33(4-2)8-7-15(14-5-6-19(24)20(25)11-14)13-32-21(34)16-9-17(22(26,27)28)12-18(10-16)23(29,30)31/h5-6,9-12,15H,3-4,7-8,13H2,1-2H3,(H,32,34). The molecule has 0 aliphatic rings. The molecule has 0 radical (unpaired) electrons. The van der Waals surface area contributed by atoms with E-state index in [-0.39, 0.29) is 18.5 Å². The summed E-state index contributed by atoms with van der Waals surface area (Å²) in [4.78, 5) is 14.8. The minimum atomic E-state index is -5.04. The molecule has 2 aromatic carbocycles. The maximum absolute atomic E-state index is 13.1. The summed E-state index contributed by atoms with van der Waals surface area (Å²) in [5.41, 5.74) is -3.08. The fourth-order valence-corrected chi connectivity index (χ4v) is 3.74. The first-order valence-electron chi connectivity index (χ1n) is 10.5. The highest BCUT2D eigenvalue weighted by Crippen LogP contribution is 2.36. The lowest BCUT2D eigenvalue weighted by Gasteiger charge is -2.24. The van der Waals surface area contributed by atoms with Crippen molar-refractivity contribution in [2.75, 3.05) is 26.2 Å². The topological polar surface area (TPSA) is 32.3 Å². The van der Waals surface area contributed by atoms with Crippen LogP contribution in [-0.2, 0) is 12.4 Å². The largest absolute Gasteiger partial charge is 0.416 e. The lowest BCUT2D eigenvalue weighted by molar-refractivity contribution is -0.143. The number of nitrogens with one attached hydrogen (secondary N) is 1. The first kappa shape index (κ1) is 28.3. The molecule has 1 amide bonds. The van der Waals surface area contributed by atoms with Crippen LogP contribution < -0.4 is 5.32 Å². The molecule has 11 heteroatoms. The van der Waals surface area contributed by atoms with E-state index < -0.39 is 35.0 Å². The van der Waals surface area contributed by atoms with Crippen molar-refractivity contribution in [1.29, 1.82) is 0 Å². The van der Waals surface area contributed by atoms with E-state index in [0.29, 0.717) is 35.1 Å². The molecule has 0 aliphatic heterocycles. The fourth-order valence-electron chi connectivity index (χ4n) is 3.44. The molecule has 1 N–H and O–H groups in total. The van der Waals surface area contributed by atoms with Gasteiger partial charge in [-0.2, -0.15) is 26.3 Å². The molecule has 0 saturated heterocycles. The van der Waals surface area contributed by atoms with Crippen molar-refractivity contribution in [3.8, 4) is 0 Å². The van der Waals surface area contributed by atoms with Gasteiger partial charge in [0.2, 0.25) is 0 Å². The van der Waals surface area contributed by atoms with Crippen LogP contribution in [0.1, 0.15) is 53.2 Å². The molecule has 34 heavy (non-hydrogen) atoms. The van der Waals surface area contributed by atoms with E-state index >= 15 is 0 Å². The summed E-state index contributed by atoms with van der Waals surface area (Å²) in [7, 11) is 0. The number of alkyl halides is 6. The maximum atomic E-state index is 13.1. The Morgan fingerprint density at radius 1 is 0.912 bits per heavy atom. The van der Waals surface area contributed by atoms with Gasteiger partial charge < -0.3 is 10.2 Å². The number of rotatable bonds is 9. The monoisotopic (exact) mass is 528 g/mol. The molecule has 2 rings (SSSR count). The number of nitrogens with zero attached hydrogens (tertiary/aromatic N) is 1. The zero-order valence-corrected chi connectivity index (χ0v) is 20.0. The van der Waals surface area contributed by atoms with E-state index in [4.69, 9.17) is 23.2 Å². The summed E-state index contributed by atoms with van der Waals surface area (Å²) < 4.78 is 78.7. The van der Waals surface area contributed by atoms with Crippen LogP contribution in [0, 0.1) is 0 Å². The van der Waals surface area contributed by atoms with Gasteiger partial charge in [-0.25, -0.2) is 0 Å². The first-order chi connectivity index (χ1) is 15.8. The SMILES string of the molecule is CCN(CC)CCC(CNC(=O)c1cc(C(F)(F)F)cc(C(F)(F)F)c1)c1ccc(Cl)c(Cl)c1. The van der Waals surface area contributed by atoms with Crippen LogP contribution in [0.25, 0.3) is 0 Å². The highest BCUT2D eigenvalue weighted by atomic mass is 35.5. The first-order valence-corrected chi connectivity index (χ1v) is 11.3. The normalized spacial score (nSPS) is 13.3. The molecule has 188 valence electrons. The zero-order chi connectivity index (χ0) is 25.7. The van der Waals surface area contributed by atoms with Crippen LogP contribution in [0.2, 0.25) is 10.0 Å². The van der Waals surface area contributed by atoms with Crippen molar-refractivity contribution >= 4 is 29.1 Å². The van der Waals surface area contributed by atoms with Gasteiger partial charge in [0.15, 0.2) is 0 Å². The highest BCUT2D eigenvalue weighted by Gasteiger charge is 2.37. The predicted octanol–water partition coefficient (Wildman–Crippen LogP) is 7.28. The van der Waals surface area contributed by atoms with E-state index in [1.165, 1.54) is 0 Å². The molecule has 1 unspecified atom stereocenters. The fraction of sp³-hybridized carbons (Fsp3) is 0.435. The Labute approximate surface area is 204 Å². The molecule has 2 aromatic rings. The molecule has 3 nitrogen and oxygen atoms in total. The van der Waals surface area contributed by atoms with Gasteiger partial charge in [-0.3, -0.25) is 4.79 Å². The van der Waals surface area contributed by atoms with Gasteiger partial charge in [0.1, 0.15) is 0 Å². The Morgan fingerprint density at radius 3 is 1.94 bits per heavy atom. The lowest BCUT2D eigenvalue weighted by Crippen LogP contribution is -2.32. The number of hydrogen-bond donors (Lipinski definition) is 1. The highest BCUT2D eigenvalue weighted by molar-refractivity contribution is 6.42. The van der Waals surface area contributed by atoms with Crippen LogP contribution in [0.3, 0.4) is 0 Å². The van der Waals surface area contributed by atoms with Crippen molar-refractivity contribution in [2.45, 2.75) is 38.5 Å². The molecular weight excluding hydrogens is 505 g/mol. The summed E-state index contributed by atoms with van der Waals surface area (Å²) >= 11 is 12.1. The van der Waals surface area contributed by atoms with Crippen molar-refractivity contribution in [3.05, 3.63) is 68.7 Å². The number of benzene rings is 2. The van der Waals surface area contributed by atoms with Crippen molar-refractivity contribution in [3.63, 3.8) is 0 Å². The number of carbonyl (C=O) groups is 1. The molecule has 0 aromatic heterocycles. The number of hydrogen-bond acceptors (Lipinski definition) is 2. The zero-order valence-electron chi connectivity index (χ0n) is 18.5. The van der Waals surface area contributed by atoms with Crippen molar-refractivity contribution in [2.24, 2.45) is 0 Å². The lowest BCUT2D eigenvalue weighted by atomic mass is 9.95. The smallest absolute Gasteiger partial charge is 0.351 e. The molecule has 0 saturated carbocycles. The minimum Gasteiger partial charge on any atom is -0.351 e. The summed E-state index contributed by atoms with van der Waals surface area (Å²) in [5, 5.41) is 3.11. The predicted molar refractivity (Wildman–Crippen MR) is 120 cm³/mol. The van der Waals surface area contributed by atoms with E-state index in [9.17, 15) is 31.1 Å². The molecular formula is C23H24Cl2F6N2O. The average Bonchev–Trinajstić information content (AvgIpc) is 2.76. The molecule has 0 heterocycles. The van der Waals surface area contributed by atoms with E-state index in [1.807, 2.05) is 13.8 Å². The Hall–Kier alpha value is -1.97. The van der Waals surface area contributed by atoms with E-state index in [2.05, 4.69) is 10.2 Å². The van der Waals surface area contributed by atoms with E-state index in [0.717, 1.165) is 18.7 Å². The van der Waals surface area contributed by atoms with Crippen LogP contribution >= 0.6 is 23.2 Å². The van der Waals surface area contributed by atoms with Gasteiger partial charge in [-0.1, -0.05) is 43.1 Å². The summed E-state index contributed by atoms with van der Waals surface area (Å²) in [6.45, 7) is 6.21. The molecule has 0 bridgehead atoms. The summed E-state index contributed by atoms with van der Waals surface area (Å²) in [6, 6.07) is 5.75. The molecule has 1 atom stereocenters. The van der Waals surface area contributed by atoms with Gasteiger partial charge in [0.05, 0.1) is 21.2 Å². The Bertz CT molecular complexity index is 958. The third kappa shape index (κ3) is 7.78. The summed E-state index contributed by atoms with van der Waals surface area (Å²) in [5.74, 6) is -1.34. The van der Waals surface area contributed by atoms with Gasteiger partial charge >= 0.3 is 12.4 Å². The second-order valence-corrected chi connectivity index (χ2v) is 8.51. The van der Waals surface area contributed by atoms with Gasteiger partial charge in [0.25, 0.3) is 5.91 Å². The third-order valence-corrected chi connectivity index (χ3v) is 6.20. The maximum Gasteiger partial charge on any atom is 0.416 e. The van der Waals surface area contributed by atoms with Gasteiger partial charge in [-0.15, -0.1) is 0 Å². The van der Waals surface area contributed by atoms with Crippen molar-refractivity contribution in [1.82, 2.24) is 10.2 Å². The van der Waals surface area contributed by atoms with Crippen LogP contribution in [-0.4, -0.2) is 37.0 Å². The van der Waals surface area contributed by atoms with Gasteiger partial charge in [-0.05, 0) is 62.0 Å². The minimum absolute atomic E-state index is 0.0145. The Kier molecular flexibility index (Phi) is 9.68. The van der Waals surface area contributed by atoms with Crippen LogP contribution in [0.15, 0.2) is 36.4 Å². The number of halogens is 8. The van der Waals surface area contributed by atoms with Crippen LogP contribution in [0.5, 0.6) is 0 Å². The quantitative estimate of drug-likeness (QED) is 0.347. The Morgan fingerprint density at radius 2 is 1.47 bits per heavy atom. The van der Waals surface area contributed by atoms with E-state index in [1.54, 1.807) is 18.2 Å². The second-order valence-electron chi connectivity index (χ2n) is 7.69. The number of carbonyl (C=O) groups excluding carboxylic acids is 1. The Balaban J connectivity index is 2.29.